The Morgan fingerprint density at radius 2 is 2.19 bits per heavy atom. The molecule has 0 saturated carbocycles. The van der Waals surface area contributed by atoms with Crippen LogP contribution in [0.15, 0.2) is 17.5 Å². The lowest BCUT2D eigenvalue weighted by Gasteiger charge is -2.14. The summed E-state index contributed by atoms with van der Waals surface area (Å²) >= 11 is 1.49. The van der Waals surface area contributed by atoms with Crippen molar-refractivity contribution in [2.75, 3.05) is 26.2 Å². The second kappa shape index (κ2) is 6.89. The Kier molecular flexibility index (Phi) is 5.80. The van der Waals surface area contributed by atoms with Gasteiger partial charge in [0, 0.05) is 13.1 Å². The van der Waals surface area contributed by atoms with E-state index in [-0.39, 0.29) is 18.3 Å². The Balaban J connectivity index is 0.00000128. The molecule has 0 unspecified atom stereocenters. The quantitative estimate of drug-likeness (QED) is 0.898. The van der Waals surface area contributed by atoms with Gasteiger partial charge in [-0.3, -0.25) is 4.79 Å². The molecule has 1 N–H and O–H groups in total. The van der Waals surface area contributed by atoms with Crippen molar-refractivity contribution in [3.63, 3.8) is 0 Å². The summed E-state index contributed by atoms with van der Waals surface area (Å²) in [5.74, 6) is 0.0594. The number of carbonyl (C=O) groups is 1. The molecule has 1 aromatic heterocycles. The molecule has 1 aromatic rings. The number of rotatable bonds is 4. The highest BCUT2D eigenvalue weighted by Gasteiger charge is 2.11. The van der Waals surface area contributed by atoms with Gasteiger partial charge in [-0.2, -0.15) is 0 Å². The fourth-order valence-electron chi connectivity index (χ4n) is 1.83. The van der Waals surface area contributed by atoms with E-state index in [1.165, 1.54) is 37.3 Å². The summed E-state index contributed by atoms with van der Waals surface area (Å²) in [4.78, 5) is 14.8. The predicted octanol–water partition coefficient (Wildman–Crippen LogP) is 2.00. The summed E-state index contributed by atoms with van der Waals surface area (Å²) in [6.45, 7) is 4.12. The van der Waals surface area contributed by atoms with Crippen LogP contribution in [0.25, 0.3) is 0 Å². The van der Waals surface area contributed by atoms with Crippen molar-refractivity contribution in [1.29, 1.82) is 0 Å². The summed E-state index contributed by atoms with van der Waals surface area (Å²) in [5.41, 5.74) is 0. The fraction of sp³-hybridized carbons (Fsp3) is 0.545. The molecule has 1 fully saturated rings. The summed E-state index contributed by atoms with van der Waals surface area (Å²) in [7, 11) is 0. The maximum Gasteiger partial charge on any atom is 0.261 e. The van der Waals surface area contributed by atoms with Crippen molar-refractivity contribution < 1.29 is 4.79 Å². The van der Waals surface area contributed by atoms with E-state index in [9.17, 15) is 4.79 Å². The number of halogens is 1. The van der Waals surface area contributed by atoms with Gasteiger partial charge in [-0.1, -0.05) is 6.07 Å². The van der Waals surface area contributed by atoms with Crippen molar-refractivity contribution >= 4 is 29.7 Å². The van der Waals surface area contributed by atoms with Gasteiger partial charge < -0.3 is 10.2 Å². The van der Waals surface area contributed by atoms with Gasteiger partial charge >= 0.3 is 0 Å². The molecule has 16 heavy (non-hydrogen) atoms. The Morgan fingerprint density at radius 1 is 1.44 bits per heavy atom. The number of hydrogen-bond acceptors (Lipinski definition) is 3. The van der Waals surface area contributed by atoms with Crippen LogP contribution in [-0.2, 0) is 0 Å². The molecular weight excluding hydrogens is 244 g/mol. The highest BCUT2D eigenvalue weighted by Crippen LogP contribution is 2.08. The molecule has 1 saturated heterocycles. The van der Waals surface area contributed by atoms with Crippen LogP contribution in [0.4, 0.5) is 0 Å². The Bertz CT molecular complexity index is 310. The minimum atomic E-state index is 0. The predicted molar refractivity (Wildman–Crippen MR) is 69.6 cm³/mol. The highest BCUT2D eigenvalue weighted by atomic mass is 35.5. The van der Waals surface area contributed by atoms with Crippen molar-refractivity contribution in [1.82, 2.24) is 10.2 Å². The minimum Gasteiger partial charge on any atom is -0.350 e. The first-order valence-electron chi connectivity index (χ1n) is 5.40. The molecule has 2 heterocycles. The molecule has 1 aliphatic heterocycles. The normalized spacial score (nSPS) is 15.8. The number of amides is 1. The van der Waals surface area contributed by atoms with Gasteiger partial charge in [0.2, 0.25) is 0 Å². The molecule has 0 aliphatic carbocycles. The number of likely N-dealkylation sites (tertiary alicyclic amines) is 1. The summed E-state index contributed by atoms with van der Waals surface area (Å²) < 4.78 is 0. The van der Waals surface area contributed by atoms with Gasteiger partial charge in [-0.15, -0.1) is 23.7 Å². The van der Waals surface area contributed by atoms with Crippen molar-refractivity contribution in [2.45, 2.75) is 12.8 Å². The Morgan fingerprint density at radius 3 is 2.81 bits per heavy atom. The number of nitrogens with zero attached hydrogens (tertiary/aromatic N) is 1. The zero-order chi connectivity index (χ0) is 10.5. The average Bonchev–Trinajstić information content (AvgIpc) is 2.90. The fourth-order valence-corrected chi connectivity index (χ4v) is 2.47. The monoisotopic (exact) mass is 260 g/mol. The maximum atomic E-state index is 11.6. The van der Waals surface area contributed by atoms with E-state index in [1.807, 2.05) is 17.5 Å². The van der Waals surface area contributed by atoms with Crippen LogP contribution in [0, 0.1) is 0 Å². The zero-order valence-electron chi connectivity index (χ0n) is 9.15. The van der Waals surface area contributed by atoms with Gasteiger partial charge in [-0.05, 0) is 37.4 Å². The third-order valence-electron chi connectivity index (χ3n) is 2.66. The van der Waals surface area contributed by atoms with E-state index < -0.39 is 0 Å². The average molecular weight is 261 g/mol. The lowest BCUT2D eigenvalue weighted by atomic mass is 10.4. The highest BCUT2D eigenvalue weighted by molar-refractivity contribution is 7.12. The standard InChI is InChI=1S/C11H16N2OS.ClH/c14-11(10-4-3-9-15-10)12-5-8-13-6-1-2-7-13;/h3-4,9H,1-2,5-8H2,(H,12,14);1H. The van der Waals surface area contributed by atoms with Gasteiger partial charge in [-0.25, -0.2) is 0 Å². The lowest BCUT2D eigenvalue weighted by molar-refractivity contribution is 0.0954. The number of carbonyl (C=O) groups excluding carboxylic acids is 1. The first-order valence-corrected chi connectivity index (χ1v) is 6.28. The van der Waals surface area contributed by atoms with E-state index in [4.69, 9.17) is 0 Å². The number of thiophene rings is 1. The van der Waals surface area contributed by atoms with Gasteiger partial charge in [0.05, 0.1) is 4.88 Å². The molecule has 0 aromatic carbocycles. The molecule has 0 bridgehead atoms. The van der Waals surface area contributed by atoms with Gasteiger partial charge in [0.1, 0.15) is 0 Å². The molecule has 0 atom stereocenters. The van der Waals surface area contributed by atoms with Gasteiger partial charge in [0.25, 0.3) is 5.91 Å². The van der Waals surface area contributed by atoms with Crippen molar-refractivity contribution in [3.8, 4) is 0 Å². The topological polar surface area (TPSA) is 32.3 Å². The van der Waals surface area contributed by atoms with E-state index in [2.05, 4.69) is 10.2 Å². The molecule has 1 aliphatic rings. The van der Waals surface area contributed by atoms with Crippen LogP contribution in [0.2, 0.25) is 0 Å². The van der Waals surface area contributed by atoms with Crippen molar-refractivity contribution in [2.24, 2.45) is 0 Å². The second-order valence-corrected chi connectivity index (χ2v) is 4.73. The van der Waals surface area contributed by atoms with Crippen LogP contribution < -0.4 is 5.32 Å². The molecule has 90 valence electrons. The maximum absolute atomic E-state index is 11.6. The number of nitrogens with one attached hydrogen (secondary N) is 1. The first kappa shape index (κ1) is 13.5. The Hall–Kier alpha value is -0.580. The number of hydrogen-bond donors (Lipinski definition) is 1. The van der Waals surface area contributed by atoms with Crippen LogP contribution in [0.5, 0.6) is 0 Å². The van der Waals surface area contributed by atoms with Crippen molar-refractivity contribution in [3.05, 3.63) is 22.4 Å². The van der Waals surface area contributed by atoms with E-state index in [0.29, 0.717) is 0 Å². The smallest absolute Gasteiger partial charge is 0.261 e. The minimum absolute atomic E-state index is 0. The third kappa shape index (κ3) is 3.77. The lowest BCUT2D eigenvalue weighted by Crippen LogP contribution is -2.33. The molecule has 2 rings (SSSR count). The van der Waals surface area contributed by atoms with Gasteiger partial charge in [0.15, 0.2) is 0 Å². The molecule has 1 amide bonds. The van der Waals surface area contributed by atoms with Crippen LogP contribution in [0.1, 0.15) is 22.5 Å². The first-order chi connectivity index (χ1) is 7.36. The second-order valence-electron chi connectivity index (χ2n) is 3.78. The SMILES string of the molecule is Cl.O=C(NCCN1CCCC1)c1cccs1. The largest absolute Gasteiger partial charge is 0.350 e. The van der Waals surface area contributed by atoms with Crippen LogP contribution in [0.3, 0.4) is 0 Å². The summed E-state index contributed by atoms with van der Waals surface area (Å²) in [6.07, 6.45) is 2.61. The summed E-state index contributed by atoms with van der Waals surface area (Å²) in [5, 5.41) is 4.87. The Labute approximate surface area is 106 Å². The van der Waals surface area contributed by atoms with E-state index >= 15 is 0 Å². The molecular formula is C11H17ClN2OS. The van der Waals surface area contributed by atoms with Crippen LogP contribution in [-0.4, -0.2) is 37.0 Å². The summed E-state index contributed by atoms with van der Waals surface area (Å²) in [6, 6.07) is 3.76. The third-order valence-corrected chi connectivity index (χ3v) is 3.53. The molecule has 5 heteroatoms. The molecule has 0 radical (unpaired) electrons. The van der Waals surface area contributed by atoms with E-state index in [0.717, 1.165) is 18.0 Å². The zero-order valence-corrected chi connectivity index (χ0v) is 10.8. The molecule has 0 spiro atoms. The van der Waals surface area contributed by atoms with Crippen LogP contribution >= 0.6 is 23.7 Å². The van der Waals surface area contributed by atoms with E-state index in [1.54, 1.807) is 0 Å². The molecule has 3 nitrogen and oxygen atoms in total.